The Labute approximate surface area is 135 Å². The van der Waals surface area contributed by atoms with E-state index in [2.05, 4.69) is 83.1 Å². The summed E-state index contributed by atoms with van der Waals surface area (Å²) in [6.45, 7) is 27.7. The number of ether oxygens (including phenoxy) is 1. The van der Waals surface area contributed by atoms with Gasteiger partial charge in [-0.1, -0.05) is 83.1 Å². The average Bonchev–Trinajstić information content (AvgIpc) is 2.07. The first kappa shape index (κ1) is 21.0. The molecule has 0 heterocycles. The molecule has 0 saturated carbocycles. The predicted molar refractivity (Wildman–Crippen MR) is 95.7 cm³/mol. The molecule has 2 atom stereocenters. The maximum absolute atomic E-state index is 6.73. The standard InChI is InChI=1S/C20H42O/c1-17(2,3)13-15(19(7,8)9)21-16(20(10,11)12)14-18(4,5)6/h15-16H,13-14H2,1-12H3. The van der Waals surface area contributed by atoms with Crippen LogP contribution in [0.15, 0.2) is 0 Å². The molecule has 0 radical (unpaired) electrons. The summed E-state index contributed by atoms with van der Waals surface area (Å²) in [7, 11) is 0. The van der Waals surface area contributed by atoms with Crippen LogP contribution in [0.5, 0.6) is 0 Å². The topological polar surface area (TPSA) is 9.23 Å². The highest BCUT2D eigenvalue weighted by atomic mass is 16.5. The van der Waals surface area contributed by atoms with Crippen molar-refractivity contribution in [3.8, 4) is 0 Å². The molecule has 0 aromatic carbocycles. The maximum Gasteiger partial charge on any atom is 0.0632 e. The van der Waals surface area contributed by atoms with Gasteiger partial charge in [-0.25, -0.2) is 0 Å². The quantitative estimate of drug-likeness (QED) is 0.560. The zero-order valence-electron chi connectivity index (χ0n) is 17.0. The molecule has 0 spiro atoms. The van der Waals surface area contributed by atoms with Crippen LogP contribution in [0.1, 0.15) is 95.9 Å². The molecule has 0 aliphatic rings. The number of hydrogen-bond donors (Lipinski definition) is 0. The predicted octanol–water partition coefficient (Wildman–Crippen LogP) is 6.70. The van der Waals surface area contributed by atoms with Gasteiger partial charge in [0.15, 0.2) is 0 Å². The summed E-state index contributed by atoms with van der Waals surface area (Å²) in [4.78, 5) is 0. The second kappa shape index (κ2) is 6.60. The van der Waals surface area contributed by atoms with E-state index in [0.29, 0.717) is 23.0 Å². The van der Waals surface area contributed by atoms with Crippen molar-refractivity contribution in [3.05, 3.63) is 0 Å². The molecule has 0 rings (SSSR count). The maximum atomic E-state index is 6.73. The number of hydrogen-bond acceptors (Lipinski definition) is 1. The second-order valence-corrected chi connectivity index (χ2v) is 11.4. The van der Waals surface area contributed by atoms with Gasteiger partial charge in [0.25, 0.3) is 0 Å². The summed E-state index contributed by atoms with van der Waals surface area (Å²) < 4.78 is 6.73. The monoisotopic (exact) mass is 298 g/mol. The molecule has 2 unspecified atom stereocenters. The van der Waals surface area contributed by atoms with Crippen molar-refractivity contribution in [1.29, 1.82) is 0 Å². The van der Waals surface area contributed by atoms with E-state index >= 15 is 0 Å². The molecule has 21 heavy (non-hydrogen) atoms. The summed E-state index contributed by atoms with van der Waals surface area (Å²) in [6, 6.07) is 0. The summed E-state index contributed by atoms with van der Waals surface area (Å²) in [6.07, 6.45) is 2.80. The molecule has 0 bridgehead atoms. The summed E-state index contributed by atoms with van der Waals surface area (Å²) in [5, 5.41) is 0. The highest BCUT2D eigenvalue weighted by molar-refractivity contribution is 4.86. The fourth-order valence-electron chi connectivity index (χ4n) is 2.43. The lowest BCUT2D eigenvalue weighted by atomic mass is 9.76. The van der Waals surface area contributed by atoms with Crippen molar-refractivity contribution in [3.63, 3.8) is 0 Å². The molecular formula is C20H42O. The van der Waals surface area contributed by atoms with E-state index in [0.717, 1.165) is 12.8 Å². The summed E-state index contributed by atoms with van der Waals surface area (Å²) in [5.41, 5.74) is 0.938. The van der Waals surface area contributed by atoms with Gasteiger partial charge in [-0.05, 0) is 34.5 Å². The van der Waals surface area contributed by atoms with Gasteiger partial charge in [0.05, 0.1) is 12.2 Å². The SMILES string of the molecule is CC(C)(C)CC(OC(CC(C)(C)C)C(C)(C)C)C(C)(C)C. The van der Waals surface area contributed by atoms with E-state index in [9.17, 15) is 0 Å². The Morgan fingerprint density at radius 2 is 0.762 bits per heavy atom. The van der Waals surface area contributed by atoms with E-state index in [1.165, 1.54) is 0 Å². The smallest absolute Gasteiger partial charge is 0.0632 e. The molecule has 0 aliphatic heterocycles. The minimum absolute atomic E-state index is 0.175. The van der Waals surface area contributed by atoms with Crippen LogP contribution in [0.2, 0.25) is 0 Å². The third-order valence-electron chi connectivity index (χ3n) is 3.86. The lowest BCUT2D eigenvalue weighted by Gasteiger charge is -2.43. The third-order valence-corrected chi connectivity index (χ3v) is 3.86. The van der Waals surface area contributed by atoms with Gasteiger partial charge in [-0.3, -0.25) is 0 Å². The fourth-order valence-corrected chi connectivity index (χ4v) is 2.43. The van der Waals surface area contributed by atoms with Crippen molar-refractivity contribution >= 4 is 0 Å². The highest BCUT2D eigenvalue weighted by Crippen LogP contribution is 2.39. The van der Waals surface area contributed by atoms with Crippen LogP contribution in [-0.4, -0.2) is 12.2 Å². The highest BCUT2D eigenvalue weighted by Gasteiger charge is 2.37. The molecule has 0 aliphatic carbocycles. The van der Waals surface area contributed by atoms with Gasteiger partial charge in [-0.2, -0.15) is 0 Å². The molecule has 0 N–H and O–H groups in total. The molecule has 0 aromatic heterocycles. The average molecular weight is 299 g/mol. The van der Waals surface area contributed by atoms with Crippen LogP contribution >= 0.6 is 0 Å². The van der Waals surface area contributed by atoms with Crippen LogP contribution in [0.25, 0.3) is 0 Å². The first-order valence-electron chi connectivity index (χ1n) is 8.57. The van der Waals surface area contributed by atoms with Crippen LogP contribution in [0.3, 0.4) is 0 Å². The van der Waals surface area contributed by atoms with Gasteiger partial charge in [0.2, 0.25) is 0 Å². The minimum Gasteiger partial charge on any atom is -0.374 e. The van der Waals surface area contributed by atoms with Crippen LogP contribution < -0.4 is 0 Å². The van der Waals surface area contributed by atoms with E-state index in [4.69, 9.17) is 4.74 Å². The van der Waals surface area contributed by atoms with E-state index in [1.807, 2.05) is 0 Å². The van der Waals surface area contributed by atoms with Gasteiger partial charge >= 0.3 is 0 Å². The van der Waals surface area contributed by atoms with Crippen molar-refractivity contribution < 1.29 is 4.74 Å². The van der Waals surface area contributed by atoms with Crippen LogP contribution in [0, 0.1) is 21.7 Å². The van der Waals surface area contributed by atoms with Crippen molar-refractivity contribution in [2.75, 3.05) is 0 Å². The zero-order valence-corrected chi connectivity index (χ0v) is 17.0. The van der Waals surface area contributed by atoms with Crippen LogP contribution in [0.4, 0.5) is 0 Å². The van der Waals surface area contributed by atoms with E-state index in [1.54, 1.807) is 0 Å². The lowest BCUT2D eigenvalue weighted by Crippen LogP contribution is -2.42. The molecular weight excluding hydrogens is 256 g/mol. The Kier molecular flexibility index (Phi) is 6.59. The van der Waals surface area contributed by atoms with Crippen molar-refractivity contribution in [1.82, 2.24) is 0 Å². The second-order valence-electron chi connectivity index (χ2n) is 11.4. The minimum atomic E-state index is 0.175. The molecule has 1 heteroatoms. The Hall–Kier alpha value is -0.0400. The lowest BCUT2D eigenvalue weighted by molar-refractivity contribution is -0.130. The molecule has 0 fully saturated rings. The Bertz CT molecular complexity index is 269. The van der Waals surface area contributed by atoms with Gasteiger partial charge in [0, 0.05) is 0 Å². The van der Waals surface area contributed by atoms with Crippen LogP contribution in [-0.2, 0) is 4.74 Å². The molecule has 0 aromatic rings. The van der Waals surface area contributed by atoms with Gasteiger partial charge < -0.3 is 4.74 Å². The van der Waals surface area contributed by atoms with Gasteiger partial charge in [-0.15, -0.1) is 0 Å². The van der Waals surface area contributed by atoms with E-state index in [-0.39, 0.29) is 10.8 Å². The summed E-state index contributed by atoms with van der Waals surface area (Å²) >= 11 is 0. The molecule has 1 nitrogen and oxygen atoms in total. The zero-order chi connectivity index (χ0) is 17.3. The molecule has 0 amide bonds. The fraction of sp³-hybridized carbons (Fsp3) is 1.00. The molecule has 128 valence electrons. The normalized spacial score (nSPS) is 17.7. The van der Waals surface area contributed by atoms with Crippen molar-refractivity contribution in [2.24, 2.45) is 21.7 Å². The van der Waals surface area contributed by atoms with Gasteiger partial charge in [0.1, 0.15) is 0 Å². The Morgan fingerprint density at radius 3 is 0.905 bits per heavy atom. The number of rotatable bonds is 4. The largest absolute Gasteiger partial charge is 0.374 e. The first-order chi connectivity index (χ1) is 8.92. The third kappa shape index (κ3) is 9.55. The Balaban J connectivity index is 5.23. The van der Waals surface area contributed by atoms with E-state index < -0.39 is 0 Å². The first-order valence-corrected chi connectivity index (χ1v) is 8.57. The Morgan fingerprint density at radius 1 is 0.524 bits per heavy atom. The summed E-state index contributed by atoms with van der Waals surface area (Å²) in [5.74, 6) is 0. The van der Waals surface area contributed by atoms with Crippen molar-refractivity contribution in [2.45, 2.75) is 108 Å². The molecule has 0 saturated heterocycles.